The average molecular weight is 321 g/mol. The number of halogens is 1. The SMILES string of the molecule is CNCCCC(=O)Nc1nc(C)c(Cc2ccccc2F)s1. The van der Waals surface area contributed by atoms with Gasteiger partial charge in [0, 0.05) is 17.7 Å². The van der Waals surface area contributed by atoms with Crippen molar-refractivity contribution in [3.63, 3.8) is 0 Å². The molecule has 1 aromatic heterocycles. The molecule has 0 aliphatic rings. The molecule has 0 radical (unpaired) electrons. The summed E-state index contributed by atoms with van der Waals surface area (Å²) in [7, 11) is 1.86. The second kappa shape index (κ2) is 8.00. The number of amides is 1. The van der Waals surface area contributed by atoms with Crippen LogP contribution in [0.5, 0.6) is 0 Å². The Balaban J connectivity index is 1.99. The summed E-state index contributed by atoms with van der Waals surface area (Å²) in [6.45, 7) is 2.69. The van der Waals surface area contributed by atoms with E-state index in [9.17, 15) is 9.18 Å². The predicted molar refractivity (Wildman–Crippen MR) is 87.8 cm³/mol. The first-order chi connectivity index (χ1) is 10.6. The Morgan fingerprint density at radius 1 is 1.36 bits per heavy atom. The molecule has 1 amide bonds. The molecule has 0 aliphatic heterocycles. The van der Waals surface area contributed by atoms with Crippen molar-refractivity contribution in [1.82, 2.24) is 10.3 Å². The normalized spacial score (nSPS) is 10.7. The topological polar surface area (TPSA) is 54.0 Å². The van der Waals surface area contributed by atoms with Crippen LogP contribution in [0.1, 0.15) is 29.0 Å². The fourth-order valence-corrected chi connectivity index (χ4v) is 3.07. The first-order valence-electron chi connectivity index (χ1n) is 7.24. The van der Waals surface area contributed by atoms with Crippen molar-refractivity contribution in [2.45, 2.75) is 26.2 Å². The minimum absolute atomic E-state index is 0.0403. The van der Waals surface area contributed by atoms with Gasteiger partial charge in [-0.3, -0.25) is 4.79 Å². The highest BCUT2D eigenvalue weighted by Crippen LogP contribution is 2.26. The molecule has 22 heavy (non-hydrogen) atoms. The molecule has 1 heterocycles. The van der Waals surface area contributed by atoms with Crippen LogP contribution < -0.4 is 10.6 Å². The second-order valence-corrected chi connectivity index (χ2v) is 6.13. The van der Waals surface area contributed by atoms with E-state index in [4.69, 9.17) is 0 Å². The predicted octanol–water partition coefficient (Wildman–Crippen LogP) is 3.12. The van der Waals surface area contributed by atoms with E-state index in [0.29, 0.717) is 23.5 Å². The van der Waals surface area contributed by atoms with Gasteiger partial charge >= 0.3 is 0 Å². The van der Waals surface area contributed by atoms with Crippen LogP contribution >= 0.6 is 11.3 Å². The van der Waals surface area contributed by atoms with Gasteiger partial charge in [-0.15, -0.1) is 11.3 Å². The summed E-state index contributed by atoms with van der Waals surface area (Å²) < 4.78 is 13.7. The highest BCUT2D eigenvalue weighted by atomic mass is 32.1. The molecule has 0 bridgehead atoms. The highest BCUT2D eigenvalue weighted by molar-refractivity contribution is 7.15. The Kier molecular flexibility index (Phi) is 6.03. The fraction of sp³-hybridized carbons (Fsp3) is 0.375. The summed E-state index contributed by atoms with van der Waals surface area (Å²) in [6.07, 6.45) is 1.74. The molecule has 2 rings (SSSR count). The molecule has 0 unspecified atom stereocenters. The van der Waals surface area contributed by atoms with Crippen molar-refractivity contribution in [1.29, 1.82) is 0 Å². The largest absolute Gasteiger partial charge is 0.320 e. The van der Waals surface area contributed by atoms with Gasteiger partial charge in [-0.1, -0.05) is 18.2 Å². The van der Waals surface area contributed by atoms with Crippen LogP contribution in [0.15, 0.2) is 24.3 Å². The first-order valence-corrected chi connectivity index (χ1v) is 8.06. The van der Waals surface area contributed by atoms with E-state index < -0.39 is 0 Å². The molecule has 0 aliphatic carbocycles. The monoisotopic (exact) mass is 321 g/mol. The lowest BCUT2D eigenvalue weighted by molar-refractivity contribution is -0.116. The van der Waals surface area contributed by atoms with E-state index in [1.807, 2.05) is 20.0 Å². The molecule has 0 saturated carbocycles. The van der Waals surface area contributed by atoms with Crippen LogP contribution in [0.4, 0.5) is 9.52 Å². The Morgan fingerprint density at radius 2 is 2.14 bits per heavy atom. The number of rotatable bonds is 7. The molecule has 0 atom stereocenters. The molecule has 1 aromatic carbocycles. The van der Waals surface area contributed by atoms with Gasteiger partial charge in [0.05, 0.1) is 5.69 Å². The van der Waals surface area contributed by atoms with Gasteiger partial charge in [-0.2, -0.15) is 0 Å². The van der Waals surface area contributed by atoms with Gasteiger partial charge in [0.1, 0.15) is 5.82 Å². The van der Waals surface area contributed by atoms with Crippen molar-refractivity contribution in [3.8, 4) is 0 Å². The summed E-state index contributed by atoms with van der Waals surface area (Å²) in [4.78, 5) is 17.1. The third-order valence-corrected chi connectivity index (χ3v) is 4.35. The summed E-state index contributed by atoms with van der Waals surface area (Å²) in [5.74, 6) is -0.255. The minimum Gasteiger partial charge on any atom is -0.320 e. The van der Waals surface area contributed by atoms with E-state index in [2.05, 4.69) is 15.6 Å². The van der Waals surface area contributed by atoms with E-state index in [0.717, 1.165) is 23.5 Å². The maximum absolute atomic E-state index is 13.7. The number of carbonyl (C=O) groups is 1. The number of nitrogens with one attached hydrogen (secondary N) is 2. The zero-order valence-electron chi connectivity index (χ0n) is 12.8. The number of aryl methyl sites for hydroxylation is 1. The van der Waals surface area contributed by atoms with Gasteiger partial charge in [0.25, 0.3) is 0 Å². The molecule has 6 heteroatoms. The van der Waals surface area contributed by atoms with Crippen molar-refractivity contribution >= 4 is 22.4 Å². The number of thiazole rings is 1. The lowest BCUT2D eigenvalue weighted by Crippen LogP contribution is -2.15. The van der Waals surface area contributed by atoms with Gasteiger partial charge < -0.3 is 10.6 Å². The zero-order valence-corrected chi connectivity index (χ0v) is 13.6. The van der Waals surface area contributed by atoms with Gasteiger partial charge in [0.15, 0.2) is 5.13 Å². The minimum atomic E-state index is -0.215. The van der Waals surface area contributed by atoms with Crippen LogP contribution in [0.3, 0.4) is 0 Å². The van der Waals surface area contributed by atoms with Gasteiger partial charge in [0.2, 0.25) is 5.91 Å². The Morgan fingerprint density at radius 3 is 2.86 bits per heavy atom. The zero-order chi connectivity index (χ0) is 15.9. The fourth-order valence-electron chi connectivity index (χ4n) is 2.07. The maximum atomic E-state index is 13.7. The molecule has 0 fully saturated rings. The molecule has 0 saturated heterocycles. The number of aromatic nitrogens is 1. The van der Waals surface area contributed by atoms with Crippen molar-refractivity contribution in [2.75, 3.05) is 18.9 Å². The molecule has 4 nitrogen and oxygen atoms in total. The number of nitrogens with zero attached hydrogens (tertiary/aromatic N) is 1. The highest BCUT2D eigenvalue weighted by Gasteiger charge is 2.12. The summed E-state index contributed by atoms with van der Waals surface area (Å²) in [5, 5.41) is 6.40. The van der Waals surface area contributed by atoms with Crippen LogP contribution in [0, 0.1) is 12.7 Å². The van der Waals surface area contributed by atoms with Crippen molar-refractivity contribution in [2.24, 2.45) is 0 Å². The number of carbonyl (C=O) groups excluding carboxylic acids is 1. The van der Waals surface area contributed by atoms with Crippen LogP contribution in [0.2, 0.25) is 0 Å². The van der Waals surface area contributed by atoms with Crippen LogP contribution in [-0.2, 0) is 11.2 Å². The smallest absolute Gasteiger partial charge is 0.226 e. The third kappa shape index (κ3) is 4.61. The lowest BCUT2D eigenvalue weighted by Gasteiger charge is -2.01. The molecule has 2 aromatic rings. The summed E-state index contributed by atoms with van der Waals surface area (Å²) in [5.41, 5.74) is 1.47. The number of hydrogen-bond donors (Lipinski definition) is 2. The van der Waals surface area contributed by atoms with Crippen molar-refractivity contribution < 1.29 is 9.18 Å². The Bertz CT molecular complexity index is 642. The molecule has 0 spiro atoms. The quantitative estimate of drug-likeness (QED) is 0.771. The van der Waals surface area contributed by atoms with E-state index >= 15 is 0 Å². The number of benzene rings is 1. The average Bonchev–Trinajstić information content (AvgIpc) is 2.81. The molecular weight excluding hydrogens is 301 g/mol. The van der Waals surface area contributed by atoms with Gasteiger partial charge in [-0.25, -0.2) is 9.37 Å². The standard InChI is InChI=1S/C16H20FN3OS/c1-11-14(10-12-6-3-4-7-13(12)17)22-16(19-11)20-15(21)8-5-9-18-2/h3-4,6-7,18H,5,8-10H2,1-2H3,(H,19,20,21). The van der Waals surface area contributed by atoms with Crippen LogP contribution in [-0.4, -0.2) is 24.5 Å². The van der Waals surface area contributed by atoms with E-state index in [1.54, 1.807) is 12.1 Å². The molecule has 2 N–H and O–H groups in total. The van der Waals surface area contributed by atoms with E-state index in [1.165, 1.54) is 17.4 Å². The Hall–Kier alpha value is -1.79. The summed E-state index contributed by atoms with van der Waals surface area (Å²) >= 11 is 1.41. The van der Waals surface area contributed by atoms with Crippen molar-refractivity contribution in [3.05, 3.63) is 46.2 Å². The number of anilines is 1. The van der Waals surface area contributed by atoms with Crippen LogP contribution in [0.25, 0.3) is 0 Å². The molecule has 118 valence electrons. The van der Waals surface area contributed by atoms with E-state index in [-0.39, 0.29) is 11.7 Å². The second-order valence-electron chi connectivity index (χ2n) is 5.05. The Labute approximate surface area is 133 Å². The lowest BCUT2D eigenvalue weighted by atomic mass is 10.1. The van der Waals surface area contributed by atoms with Gasteiger partial charge in [-0.05, 0) is 38.6 Å². The molecular formula is C16H20FN3OS. The first kappa shape index (κ1) is 16.6. The maximum Gasteiger partial charge on any atom is 0.226 e. The number of hydrogen-bond acceptors (Lipinski definition) is 4. The third-order valence-electron chi connectivity index (χ3n) is 3.28. The summed E-state index contributed by atoms with van der Waals surface area (Å²) in [6, 6.07) is 6.72.